The minimum absolute atomic E-state index is 0.0143. The third-order valence-corrected chi connectivity index (χ3v) is 3.35. The molecule has 0 bridgehead atoms. The monoisotopic (exact) mass is 338 g/mol. The van der Waals surface area contributed by atoms with Crippen molar-refractivity contribution >= 4 is 11.9 Å². The minimum atomic E-state index is -0.977. The van der Waals surface area contributed by atoms with Crippen LogP contribution >= 0.6 is 0 Å². The molecule has 24 heavy (non-hydrogen) atoms. The number of methoxy groups -OCH3 is 1. The summed E-state index contributed by atoms with van der Waals surface area (Å²) in [6.07, 6.45) is 0.400. The van der Waals surface area contributed by atoms with Crippen LogP contribution in [0.2, 0.25) is 0 Å². The number of ether oxygens (including phenoxy) is 2. The molecule has 0 aromatic heterocycles. The number of carboxylic acid groups (broad SMARTS) is 1. The van der Waals surface area contributed by atoms with E-state index in [4.69, 9.17) is 14.6 Å². The first-order chi connectivity index (χ1) is 11.4. The summed E-state index contributed by atoms with van der Waals surface area (Å²) in [4.78, 5) is 24.0. The summed E-state index contributed by atoms with van der Waals surface area (Å²) in [5.74, 6) is 0.0926. The van der Waals surface area contributed by atoms with Crippen molar-refractivity contribution in [2.24, 2.45) is 0 Å². The minimum Gasteiger partial charge on any atom is -0.493 e. The van der Waals surface area contributed by atoms with E-state index < -0.39 is 5.97 Å². The van der Waals surface area contributed by atoms with E-state index in [0.29, 0.717) is 31.1 Å². The number of nitrogens with one attached hydrogen (secondary N) is 1. The Morgan fingerprint density at radius 2 is 2.00 bits per heavy atom. The third-order valence-electron chi connectivity index (χ3n) is 3.35. The van der Waals surface area contributed by atoms with Crippen LogP contribution in [0, 0.1) is 0 Å². The largest absolute Gasteiger partial charge is 0.493 e. The number of carbonyl (C=O) groups excluding carboxylic acids is 1. The van der Waals surface area contributed by atoms with Crippen molar-refractivity contribution in [3.8, 4) is 11.5 Å². The standard InChI is InChI=1S/C17H26N2O5/c1-19(2)11-12-24-17-13(5-4-6-14(17)23-3)9-10-18-15(20)7-8-16(21)22/h4-6H,7-12H2,1-3H3,(H,18,20)(H,21,22). The van der Waals surface area contributed by atoms with Crippen LogP contribution in [0.5, 0.6) is 11.5 Å². The van der Waals surface area contributed by atoms with Crippen LogP contribution < -0.4 is 14.8 Å². The number of benzene rings is 1. The molecule has 0 atom stereocenters. The normalized spacial score (nSPS) is 10.5. The molecule has 1 rings (SSSR count). The van der Waals surface area contributed by atoms with Crippen LogP contribution in [0.25, 0.3) is 0 Å². The molecule has 7 heteroatoms. The Labute approximate surface area is 142 Å². The van der Waals surface area contributed by atoms with Crippen LogP contribution in [0.15, 0.2) is 18.2 Å². The van der Waals surface area contributed by atoms with Crippen molar-refractivity contribution < 1.29 is 24.2 Å². The van der Waals surface area contributed by atoms with Gasteiger partial charge in [0, 0.05) is 19.5 Å². The van der Waals surface area contributed by atoms with Gasteiger partial charge in [-0.15, -0.1) is 0 Å². The van der Waals surface area contributed by atoms with E-state index in [-0.39, 0.29) is 18.7 Å². The lowest BCUT2D eigenvalue weighted by Gasteiger charge is -2.17. The second-order valence-corrected chi connectivity index (χ2v) is 5.59. The molecule has 0 radical (unpaired) electrons. The summed E-state index contributed by atoms with van der Waals surface area (Å²) in [7, 11) is 5.53. The molecule has 0 heterocycles. The number of nitrogens with zero attached hydrogens (tertiary/aromatic N) is 1. The number of rotatable bonds is 11. The Bertz CT molecular complexity index is 546. The van der Waals surface area contributed by atoms with Crippen LogP contribution in [0.1, 0.15) is 18.4 Å². The second-order valence-electron chi connectivity index (χ2n) is 5.59. The molecule has 0 aliphatic carbocycles. The van der Waals surface area contributed by atoms with Crippen LogP contribution in [0.4, 0.5) is 0 Å². The van der Waals surface area contributed by atoms with Gasteiger partial charge in [0.2, 0.25) is 5.91 Å². The summed E-state index contributed by atoms with van der Waals surface area (Å²) < 4.78 is 11.2. The lowest BCUT2D eigenvalue weighted by molar-refractivity contribution is -0.138. The van der Waals surface area contributed by atoms with Crippen LogP contribution in [-0.4, -0.2) is 62.8 Å². The number of amides is 1. The number of para-hydroxylation sites is 1. The first kappa shape index (κ1) is 19.8. The SMILES string of the molecule is COc1cccc(CCNC(=O)CCC(=O)O)c1OCCN(C)C. The maximum Gasteiger partial charge on any atom is 0.303 e. The molecule has 1 amide bonds. The maximum atomic E-state index is 11.6. The van der Waals surface area contributed by atoms with E-state index in [9.17, 15) is 9.59 Å². The lowest BCUT2D eigenvalue weighted by Crippen LogP contribution is -2.26. The zero-order valence-corrected chi connectivity index (χ0v) is 14.5. The molecule has 0 aliphatic rings. The highest BCUT2D eigenvalue weighted by Crippen LogP contribution is 2.31. The summed E-state index contributed by atoms with van der Waals surface area (Å²) in [5.41, 5.74) is 0.937. The van der Waals surface area contributed by atoms with E-state index in [1.807, 2.05) is 37.2 Å². The van der Waals surface area contributed by atoms with Crippen molar-refractivity contribution in [2.45, 2.75) is 19.3 Å². The Hall–Kier alpha value is -2.28. The van der Waals surface area contributed by atoms with E-state index in [1.54, 1.807) is 7.11 Å². The Morgan fingerprint density at radius 3 is 2.62 bits per heavy atom. The summed E-state index contributed by atoms with van der Waals surface area (Å²) >= 11 is 0. The quantitative estimate of drug-likeness (QED) is 0.629. The number of aliphatic carboxylic acids is 1. The second kappa shape index (κ2) is 10.5. The van der Waals surface area contributed by atoms with E-state index in [0.717, 1.165) is 12.1 Å². The molecule has 0 saturated carbocycles. The molecule has 134 valence electrons. The summed E-state index contributed by atoms with van der Waals surface area (Å²) in [6.45, 7) is 1.73. The molecule has 7 nitrogen and oxygen atoms in total. The molecule has 0 spiro atoms. The maximum absolute atomic E-state index is 11.6. The molecule has 0 aliphatic heterocycles. The number of carboxylic acids is 1. The molecular weight excluding hydrogens is 312 g/mol. The van der Waals surface area contributed by atoms with Gasteiger partial charge in [0.15, 0.2) is 11.5 Å². The van der Waals surface area contributed by atoms with Gasteiger partial charge in [0.05, 0.1) is 13.5 Å². The first-order valence-electron chi connectivity index (χ1n) is 7.86. The van der Waals surface area contributed by atoms with Crippen molar-refractivity contribution in [2.75, 3.05) is 40.9 Å². The van der Waals surface area contributed by atoms with Gasteiger partial charge in [-0.2, -0.15) is 0 Å². The van der Waals surface area contributed by atoms with Gasteiger partial charge in [-0.25, -0.2) is 0 Å². The average Bonchev–Trinajstić information content (AvgIpc) is 2.53. The molecule has 1 aromatic carbocycles. The Kier molecular flexibility index (Phi) is 8.64. The predicted molar refractivity (Wildman–Crippen MR) is 90.6 cm³/mol. The van der Waals surface area contributed by atoms with Gasteiger partial charge < -0.3 is 24.8 Å². The highest BCUT2D eigenvalue weighted by molar-refractivity contribution is 5.80. The smallest absolute Gasteiger partial charge is 0.303 e. The first-order valence-corrected chi connectivity index (χ1v) is 7.86. The summed E-state index contributed by atoms with van der Waals surface area (Å²) in [6, 6.07) is 5.63. The van der Waals surface area contributed by atoms with Crippen molar-refractivity contribution in [3.63, 3.8) is 0 Å². The summed E-state index contributed by atoms with van der Waals surface area (Å²) in [5, 5.41) is 11.3. The lowest BCUT2D eigenvalue weighted by atomic mass is 10.1. The van der Waals surface area contributed by atoms with Gasteiger partial charge >= 0.3 is 5.97 Å². The van der Waals surface area contributed by atoms with Crippen LogP contribution in [0.3, 0.4) is 0 Å². The van der Waals surface area contributed by atoms with Gasteiger partial charge in [-0.3, -0.25) is 9.59 Å². The third kappa shape index (κ3) is 7.32. The Morgan fingerprint density at radius 1 is 1.25 bits per heavy atom. The van der Waals surface area contributed by atoms with Crippen LogP contribution in [-0.2, 0) is 16.0 Å². The predicted octanol–water partition coefficient (Wildman–Crippen LogP) is 1.16. The molecular formula is C17H26N2O5. The molecule has 0 unspecified atom stereocenters. The van der Waals surface area contributed by atoms with Gasteiger partial charge in [0.1, 0.15) is 6.61 Å². The van der Waals surface area contributed by atoms with Crippen molar-refractivity contribution in [1.29, 1.82) is 0 Å². The fraction of sp³-hybridized carbons (Fsp3) is 0.529. The molecule has 0 fully saturated rings. The van der Waals surface area contributed by atoms with Crippen molar-refractivity contribution in [3.05, 3.63) is 23.8 Å². The zero-order chi connectivity index (χ0) is 17.9. The number of hydrogen-bond donors (Lipinski definition) is 2. The fourth-order valence-corrected chi connectivity index (χ4v) is 2.06. The van der Waals surface area contributed by atoms with Gasteiger partial charge in [-0.05, 0) is 32.1 Å². The Balaban J connectivity index is 2.59. The van der Waals surface area contributed by atoms with E-state index in [1.165, 1.54) is 0 Å². The average molecular weight is 338 g/mol. The van der Waals surface area contributed by atoms with Gasteiger partial charge in [0.25, 0.3) is 0 Å². The highest BCUT2D eigenvalue weighted by atomic mass is 16.5. The number of hydrogen-bond acceptors (Lipinski definition) is 5. The topological polar surface area (TPSA) is 88.1 Å². The van der Waals surface area contributed by atoms with E-state index >= 15 is 0 Å². The van der Waals surface area contributed by atoms with E-state index in [2.05, 4.69) is 5.32 Å². The zero-order valence-electron chi connectivity index (χ0n) is 14.5. The molecule has 2 N–H and O–H groups in total. The van der Waals surface area contributed by atoms with Gasteiger partial charge in [-0.1, -0.05) is 12.1 Å². The van der Waals surface area contributed by atoms with Crippen molar-refractivity contribution in [1.82, 2.24) is 10.2 Å². The molecule has 1 aromatic rings. The number of carbonyl (C=O) groups is 2. The number of likely N-dealkylation sites (N-methyl/N-ethyl adjacent to an activating group) is 1. The fourth-order valence-electron chi connectivity index (χ4n) is 2.06. The highest BCUT2D eigenvalue weighted by Gasteiger charge is 2.11. The molecule has 0 saturated heterocycles.